The summed E-state index contributed by atoms with van der Waals surface area (Å²) >= 11 is 0. The molecule has 1 unspecified atom stereocenters. The molecule has 1 rings (SSSR count). The second-order valence-corrected chi connectivity index (χ2v) is 4.93. The Morgan fingerprint density at radius 1 is 1.35 bits per heavy atom. The van der Waals surface area contributed by atoms with Gasteiger partial charge in [0.15, 0.2) is 0 Å². The number of rotatable bonds is 7. The normalized spacial score (nSPS) is 12.4. The van der Waals surface area contributed by atoms with Gasteiger partial charge in [0.1, 0.15) is 5.78 Å². The van der Waals surface area contributed by atoms with Crippen LogP contribution in [-0.4, -0.2) is 12.3 Å². The third kappa shape index (κ3) is 5.64. The van der Waals surface area contributed by atoms with Gasteiger partial charge >= 0.3 is 0 Å². The van der Waals surface area contributed by atoms with Crippen molar-refractivity contribution in [2.24, 2.45) is 11.7 Å². The smallest absolute Gasteiger partial charge is 0.137 e. The average molecular weight is 233 g/mol. The number of carbonyl (C=O) groups excluding carboxylic acids is 1. The van der Waals surface area contributed by atoms with Gasteiger partial charge in [0.2, 0.25) is 0 Å². The van der Waals surface area contributed by atoms with Crippen LogP contribution in [0.3, 0.4) is 0 Å². The molecule has 0 aliphatic rings. The highest BCUT2D eigenvalue weighted by atomic mass is 16.1. The summed E-state index contributed by atoms with van der Waals surface area (Å²) < 4.78 is 0. The highest BCUT2D eigenvalue weighted by Crippen LogP contribution is 2.12. The first-order valence-corrected chi connectivity index (χ1v) is 6.39. The van der Waals surface area contributed by atoms with Crippen molar-refractivity contribution in [2.45, 2.75) is 39.5 Å². The number of ketones is 1. The molecule has 1 aromatic carbocycles. The molecule has 0 bridgehead atoms. The monoisotopic (exact) mass is 233 g/mol. The lowest BCUT2D eigenvalue weighted by Gasteiger charge is -2.09. The van der Waals surface area contributed by atoms with Gasteiger partial charge in [-0.3, -0.25) is 4.79 Å². The van der Waals surface area contributed by atoms with Crippen molar-refractivity contribution in [2.75, 3.05) is 6.54 Å². The summed E-state index contributed by atoms with van der Waals surface area (Å²) in [7, 11) is 0. The third-order valence-corrected chi connectivity index (χ3v) is 3.06. The number of carbonyl (C=O) groups is 1. The van der Waals surface area contributed by atoms with Gasteiger partial charge < -0.3 is 5.73 Å². The maximum absolute atomic E-state index is 11.8. The highest BCUT2D eigenvalue weighted by Gasteiger charge is 2.07. The van der Waals surface area contributed by atoms with Gasteiger partial charge in [0.25, 0.3) is 0 Å². The standard InChI is InChI=1S/C15H23NO/c1-12(8-9-16)6-7-15(17)11-14-5-3-4-13(2)10-14/h3-5,10,12H,6-9,11,16H2,1-2H3. The molecule has 0 saturated carbocycles. The molecule has 0 radical (unpaired) electrons. The Morgan fingerprint density at radius 3 is 2.76 bits per heavy atom. The van der Waals surface area contributed by atoms with Crippen LogP contribution in [0.4, 0.5) is 0 Å². The van der Waals surface area contributed by atoms with Crippen LogP contribution in [0.15, 0.2) is 24.3 Å². The Balaban J connectivity index is 2.34. The number of hydrogen-bond donors (Lipinski definition) is 1. The lowest BCUT2D eigenvalue weighted by Crippen LogP contribution is -2.09. The number of Topliss-reactive ketones (excluding diaryl/α,β-unsaturated/α-hetero) is 1. The van der Waals surface area contributed by atoms with Crippen molar-refractivity contribution in [1.82, 2.24) is 0 Å². The maximum atomic E-state index is 11.8. The van der Waals surface area contributed by atoms with Crippen molar-refractivity contribution in [3.05, 3.63) is 35.4 Å². The zero-order valence-corrected chi connectivity index (χ0v) is 10.9. The molecule has 0 heterocycles. The molecule has 2 heteroatoms. The lowest BCUT2D eigenvalue weighted by molar-refractivity contribution is -0.118. The van der Waals surface area contributed by atoms with Crippen molar-refractivity contribution >= 4 is 5.78 Å². The van der Waals surface area contributed by atoms with Gasteiger partial charge in [-0.05, 0) is 37.8 Å². The number of hydrogen-bond acceptors (Lipinski definition) is 2. The molecule has 0 aliphatic carbocycles. The Hall–Kier alpha value is -1.15. The van der Waals surface area contributed by atoms with Crippen LogP contribution in [0.2, 0.25) is 0 Å². The second-order valence-electron chi connectivity index (χ2n) is 4.93. The van der Waals surface area contributed by atoms with Crippen LogP contribution in [0.25, 0.3) is 0 Å². The van der Waals surface area contributed by atoms with Crippen LogP contribution < -0.4 is 5.73 Å². The second kappa shape index (κ2) is 7.23. The maximum Gasteiger partial charge on any atom is 0.137 e. The van der Waals surface area contributed by atoms with Crippen LogP contribution in [0, 0.1) is 12.8 Å². The van der Waals surface area contributed by atoms with Crippen molar-refractivity contribution in [3.63, 3.8) is 0 Å². The predicted octanol–water partition coefficient (Wildman–Crippen LogP) is 2.87. The molecule has 0 fully saturated rings. The SMILES string of the molecule is Cc1cccc(CC(=O)CCC(C)CCN)c1. The van der Waals surface area contributed by atoms with E-state index in [1.807, 2.05) is 12.1 Å². The Bertz CT molecular complexity index is 360. The van der Waals surface area contributed by atoms with Gasteiger partial charge in [-0.15, -0.1) is 0 Å². The lowest BCUT2D eigenvalue weighted by atomic mass is 9.97. The fraction of sp³-hybridized carbons (Fsp3) is 0.533. The molecule has 94 valence electrons. The number of aryl methyl sites for hydroxylation is 1. The molecule has 0 amide bonds. The first-order valence-electron chi connectivity index (χ1n) is 6.39. The van der Waals surface area contributed by atoms with E-state index in [4.69, 9.17) is 5.73 Å². The van der Waals surface area contributed by atoms with E-state index in [1.165, 1.54) is 5.56 Å². The van der Waals surface area contributed by atoms with E-state index in [2.05, 4.69) is 26.0 Å². The molecular formula is C15H23NO. The molecule has 2 nitrogen and oxygen atoms in total. The van der Waals surface area contributed by atoms with E-state index in [0.717, 1.165) is 18.4 Å². The number of nitrogens with two attached hydrogens (primary N) is 1. The molecule has 0 spiro atoms. The van der Waals surface area contributed by atoms with Crippen molar-refractivity contribution in [3.8, 4) is 0 Å². The summed E-state index contributed by atoms with van der Waals surface area (Å²) in [5, 5.41) is 0. The van der Waals surface area contributed by atoms with Crippen LogP contribution >= 0.6 is 0 Å². The minimum absolute atomic E-state index is 0.333. The summed E-state index contributed by atoms with van der Waals surface area (Å²) in [6.45, 7) is 4.93. The molecular weight excluding hydrogens is 210 g/mol. The van der Waals surface area contributed by atoms with E-state index in [1.54, 1.807) is 0 Å². The zero-order valence-electron chi connectivity index (χ0n) is 10.9. The van der Waals surface area contributed by atoms with E-state index in [0.29, 0.717) is 31.1 Å². The van der Waals surface area contributed by atoms with Gasteiger partial charge in [0, 0.05) is 12.8 Å². The largest absolute Gasteiger partial charge is 0.330 e. The minimum atomic E-state index is 0.333. The van der Waals surface area contributed by atoms with Gasteiger partial charge in [-0.1, -0.05) is 36.8 Å². The van der Waals surface area contributed by atoms with Gasteiger partial charge in [-0.25, -0.2) is 0 Å². The Morgan fingerprint density at radius 2 is 2.12 bits per heavy atom. The quantitative estimate of drug-likeness (QED) is 0.787. The van der Waals surface area contributed by atoms with Crippen molar-refractivity contribution < 1.29 is 4.79 Å². The first kappa shape index (κ1) is 13.9. The van der Waals surface area contributed by atoms with E-state index >= 15 is 0 Å². The zero-order chi connectivity index (χ0) is 12.7. The first-order chi connectivity index (χ1) is 8.11. The van der Waals surface area contributed by atoms with E-state index < -0.39 is 0 Å². The molecule has 1 atom stereocenters. The van der Waals surface area contributed by atoms with Crippen LogP contribution in [-0.2, 0) is 11.2 Å². The summed E-state index contributed by atoms with van der Waals surface area (Å²) in [4.78, 5) is 11.8. The van der Waals surface area contributed by atoms with Gasteiger partial charge in [-0.2, -0.15) is 0 Å². The Kier molecular flexibility index (Phi) is 5.92. The predicted molar refractivity (Wildman–Crippen MR) is 72.0 cm³/mol. The summed E-state index contributed by atoms with van der Waals surface area (Å²) in [5.74, 6) is 0.890. The molecule has 0 aliphatic heterocycles. The topological polar surface area (TPSA) is 43.1 Å². The third-order valence-electron chi connectivity index (χ3n) is 3.06. The number of benzene rings is 1. The fourth-order valence-corrected chi connectivity index (χ4v) is 1.97. The molecule has 2 N–H and O–H groups in total. The molecule has 17 heavy (non-hydrogen) atoms. The molecule has 1 aromatic rings. The van der Waals surface area contributed by atoms with Crippen molar-refractivity contribution in [1.29, 1.82) is 0 Å². The van der Waals surface area contributed by atoms with Crippen LogP contribution in [0.5, 0.6) is 0 Å². The van der Waals surface area contributed by atoms with Crippen LogP contribution in [0.1, 0.15) is 37.3 Å². The van der Waals surface area contributed by atoms with Gasteiger partial charge in [0.05, 0.1) is 0 Å². The summed E-state index contributed by atoms with van der Waals surface area (Å²) in [6.07, 6.45) is 3.21. The Labute approximate surface area is 104 Å². The summed E-state index contributed by atoms with van der Waals surface area (Å²) in [6, 6.07) is 8.17. The minimum Gasteiger partial charge on any atom is -0.330 e. The summed E-state index contributed by atoms with van der Waals surface area (Å²) in [5.41, 5.74) is 7.83. The fourth-order valence-electron chi connectivity index (χ4n) is 1.97. The highest BCUT2D eigenvalue weighted by molar-refractivity contribution is 5.80. The molecule has 0 saturated heterocycles. The molecule has 0 aromatic heterocycles. The average Bonchev–Trinajstić information content (AvgIpc) is 2.27. The van der Waals surface area contributed by atoms with E-state index in [9.17, 15) is 4.79 Å². The van der Waals surface area contributed by atoms with E-state index in [-0.39, 0.29) is 0 Å².